The minimum atomic E-state index is -0.199. The third-order valence-electron chi connectivity index (χ3n) is 4.52. The van der Waals surface area contributed by atoms with E-state index < -0.39 is 0 Å². The van der Waals surface area contributed by atoms with Crippen LogP contribution in [0.5, 0.6) is 11.5 Å². The molecule has 6 nitrogen and oxygen atoms in total. The SMILES string of the molecule is CCc1ccc(N(CC(=O)NCCc2ccc(OC)c(OC)c2)C(C)=O)cc1. The molecule has 0 heterocycles. The molecule has 150 valence electrons. The van der Waals surface area contributed by atoms with Crippen molar-refractivity contribution in [2.45, 2.75) is 26.7 Å². The number of carbonyl (C=O) groups is 2. The van der Waals surface area contributed by atoms with Crippen LogP contribution in [0.1, 0.15) is 25.0 Å². The summed E-state index contributed by atoms with van der Waals surface area (Å²) in [4.78, 5) is 25.8. The van der Waals surface area contributed by atoms with Gasteiger partial charge in [-0.25, -0.2) is 0 Å². The van der Waals surface area contributed by atoms with Crippen LogP contribution in [-0.2, 0) is 22.4 Å². The lowest BCUT2D eigenvalue weighted by Crippen LogP contribution is -2.40. The minimum absolute atomic E-state index is 0.00720. The maximum Gasteiger partial charge on any atom is 0.240 e. The third kappa shape index (κ3) is 5.74. The number of carbonyl (C=O) groups excluding carboxylic acids is 2. The van der Waals surface area contributed by atoms with Crippen LogP contribution in [0.15, 0.2) is 42.5 Å². The first-order valence-electron chi connectivity index (χ1n) is 9.33. The molecule has 0 aliphatic carbocycles. The Morgan fingerprint density at radius 2 is 1.61 bits per heavy atom. The van der Waals surface area contributed by atoms with Crippen molar-refractivity contribution in [3.8, 4) is 11.5 Å². The number of hydrogen-bond donors (Lipinski definition) is 1. The van der Waals surface area contributed by atoms with E-state index in [0.29, 0.717) is 24.5 Å². The number of hydrogen-bond acceptors (Lipinski definition) is 4. The topological polar surface area (TPSA) is 67.9 Å². The second-order valence-corrected chi connectivity index (χ2v) is 6.41. The van der Waals surface area contributed by atoms with Gasteiger partial charge in [0.05, 0.1) is 14.2 Å². The monoisotopic (exact) mass is 384 g/mol. The molecule has 0 atom stereocenters. The quantitative estimate of drug-likeness (QED) is 0.722. The molecule has 2 rings (SSSR count). The first-order chi connectivity index (χ1) is 13.5. The number of amides is 2. The van der Waals surface area contributed by atoms with Gasteiger partial charge in [-0.05, 0) is 48.2 Å². The van der Waals surface area contributed by atoms with Crippen LogP contribution >= 0.6 is 0 Å². The van der Waals surface area contributed by atoms with Crippen molar-refractivity contribution in [3.05, 3.63) is 53.6 Å². The number of nitrogens with zero attached hydrogens (tertiary/aromatic N) is 1. The van der Waals surface area contributed by atoms with Crippen molar-refractivity contribution >= 4 is 17.5 Å². The molecule has 2 aromatic rings. The highest BCUT2D eigenvalue weighted by Gasteiger charge is 2.15. The fourth-order valence-corrected chi connectivity index (χ4v) is 2.88. The molecule has 0 bridgehead atoms. The van der Waals surface area contributed by atoms with E-state index >= 15 is 0 Å². The summed E-state index contributed by atoms with van der Waals surface area (Å²) in [6.07, 6.45) is 1.58. The van der Waals surface area contributed by atoms with Gasteiger partial charge < -0.3 is 19.7 Å². The average Bonchev–Trinajstić information content (AvgIpc) is 2.71. The highest BCUT2D eigenvalue weighted by atomic mass is 16.5. The summed E-state index contributed by atoms with van der Waals surface area (Å²) in [5, 5.41) is 2.87. The summed E-state index contributed by atoms with van der Waals surface area (Å²) in [5.74, 6) is 0.959. The van der Waals surface area contributed by atoms with E-state index in [-0.39, 0.29) is 18.4 Å². The summed E-state index contributed by atoms with van der Waals surface area (Å²) in [5.41, 5.74) is 2.93. The first-order valence-corrected chi connectivity index (χ1v) is 9.33. The molecule has 28 heavy (non-hydrogen) atoms. The third-order valence-corrected chi connectivity index (χ3v) is 4.52. The average molecular weight is 384 g/mol. The number of ether oxygens (including phenoxy) is 2. The van der Waals surface area contributed by atoms with E-state index in [1.165, 1.54) is 17.4 Å². The van der Waals surface area contributed by atoms with Crippen LogP contribution in [0.25, 0.3) is 0 Å². The van der Waals surface area contributed by atoms with E-state index in [1.54, 1.807) is 14.2 Å². The fraction of sp³-hybridized carbons (Fsp3) is 0.364. The normalized spacial score (nSPS) is 10.3. The number of methoxy groups -OCH3 is 2. The molecule has 0 saturated heterocycles. The van der Waals surface area contributed by atoms with Gasteiger partial charge in [-0.1, -0.05) is 25.1 Å². The Balaban J connectivity index is 1.91. The van der Waals surface area contributed by atoms with Crippen molar-refractivity contribution in [3.63, 3.8) is 0 Å². The number of nitrogens with one attached hydrogen (secondary N) is 1. The van der Waals surface area contributed by atoms with Crippen LogP contribution in [0.4, 0.5) is 5.69 Å². The van der Waals surface area contributed by atoms with Gasteiger partial charge in [0.1, 0.15) is 6.54 Å². The summed E-state index contributed by atoms with van der Waals surface area (Å²) in [6.45, 7) is 4.00. The van der Waals surface area contributed by atoms with Crippen molar-refractivity contribution in [2.75, 3.05) is 32.2 Å². The molecule has 6 heteroatoms. The summed E-state index contributed by atoms with van der Waals surface area (Å²) >= 11 is 0. The maximum atomic E-state index is 12.3. The van der Waals surface area contributed by atoms with E-state index in [4.69, 9.17) is 9.47 Å². The number of aryl methyl sites for hydroxylation is 1. The van der Waals surface area contributed by atoms with Gasteiger partial charge in [-0.2, -0.15) is 0 Å². The van der Waals surface area contributed by atoms with Gasteiger partial charge in [0.2, 0.25) is 11.8 Å². The van der Waals surface area contributed by atoms with Crippen molar-refractivity contribution in [2.24, 2.45) is 0 Å². The Morgan fingerprint density at radius 1 is 0.964 bits per heavy atom. The number of benzene rings is 2. The summed E-state index contributed by atoms with van der Waals surface area (Å²) in [6, 6.07) is 13.4. The van der Waals surface area contributed by atoms with Crippen LogP contribution in [-0.4, -0.2) is 39.1 Å². The molecular formula is C22H28N2O4. The van der Waals surface area contributed by atoms with E-state index in [9.17, 15) is 9.59 Å². The maximum absolute atomic E-state index is 12.3. The highest BCUT2D eigenvalue weighted by molar-refractivity contribution is 5.97. The van der Waals surface area contributed by atoms with Gasteiger partial charge in [-0.3, -0.25) is 9.59 Å². The molecule has 0 fully saturated rings. The Kier molecular flexibility index (Phi) is 7.87. The number of anilines is 1. The lowest BCUT2D eigenvalue weighted by atomic mass is 10.1. The Morgan fingerprint density at radius 3 is 2.18 bits per heavy atom. The largest absolute Gasteiger partial charge is 0.493 e. The molecule has 0 aliphatic rings. The summed E-state index contributed by atoms with van der Waals surface area (Å²) in [7, 11) is 3.18. The van der Waals surface area contributed by atoms with Crippen molar-refractivity contribution in [1.82, 2.24) is 5.32 Å². The van der Waals surface area contributed by atoms with Gasteiger partial charge in [-0.15, -0.1) is 0 Å². The van der Waals surface area contributed by atoms with Crippen LogP contribution in [0.3, 0.4) is 0 Å². The molecule has 2 aromatic carbocycles. The molecule has 0 unspecified atom stereocenters. The molecule has 0 aliphatic heterocycles. The highest BCUT2D eigenvalue weighted by Crippen LogP contribution is 2.27. The second-order valence-electron chi connectivity index (χ2n) is 6.41. The van der Waals surface area contributed by atoms with Crippen LogP contribution in [0, 0.1) is 0 Å². The predicted octanol–water partition coefficient (Wildman–Crippen LogP) is 2.98. The van der Waals surface area contributed by atoms with E-state index in [0.717, 1.165) is 17.7 Å². The molecule has 0 spiro atoms. The zero-order valence-corrected chi connectivity index (χ0v) is 17.0. The Hall–Kier alpha value is -3.02. The molecule has 0 radical (unpaired) electrons. The minimum Gasteiger partial charge on any atom is -0.493 e. The fourth-order valence-electron chi connectivity index (χ4n) is 2.88. The van der Waals surface area contributed by atoms with E-state index in [2.05, 4.69) is 12.2 Å². The Bertz CT molecular complexity index is 803. The van der Waals surface area contributed by atoms with Gasteiger partial charge in [0, 0.05) is 19.2 Å². The smallest absolute Gasteiger partial charge is 0.240 e. The first kappa shape index (κ1) is 21.3. The predicted molar refractivity (Wildman–Crippen MR) is 110 cm³/mol. The van der Waals surface area contributed by atoms with Crippen molar-refractivity contribution < 1.29 is 19.1 Å². The summed E-state index contributed by atoms with van der Waals surface area (Å²) < 4.78 is 10.5. The zero-order valence-electron chi connectivity index (χ0n) is 17.0. The van der Waals surface area contributed by atoms with Gasteiger partial charge >= 0.3 is 0 Å². The second kappa shape index (κ2) is 10.3. The molecule has 2 amide bonds. The molecular weight excluding hydrogens is 356 g/mol. The van der Waals surface area contributed by atoms with E-state index in [1.807, 2.05) is 42.5 Å². The standard InChI is InChI=1S/C22H28N2O4/c1-5-17-6-9-19(10-7-17)24(16(2)25)15-22(26)23-13-12-18-8-11-20(27-3)21(14-18)28-4/h6-11,14H,5,12-13,15H2,1-4H3,(H,23,26). The zero-order chi connectivity index (χ0) is 20.5. The van der Waals surface area contributed by atoms with Crippen LogP contribution < -0.4 is 19.7 Å². The molecule has 0 aromatic heterocycles. The molecule has 1 N–H and O–H groups in total. The van der Waals surface area contributed by atoms with Gasteiger partial charge in [0.15, 0.2) is 11.5 Å². The van der Waals surface area contributed by atoms with Crippen molar-refractivity contribution in [1.29, 1.82) is 0 Å². The molecule has 0 saturated carbocycles. The Labute approximate surface area is 166 Å². The lowest BCUT2D eigenvalue weighted by Gasteiger charge is -2.21. The van der Waals surface area contributed by atoms with Gasteiger partial charge in [0.25, 0.3) is 0 Å². The lowest BCUT2D eigenvalue weighted by molar-refractivity contribution is -0.123. The number of rotatable bonds is 9. The van der Waals surface area contributed by atoms with Crippen LogP contribution in [0.2, 0.25) is 0 Å².